The largest absolute Gasteiger partial charge is 0.365 e. The lowest BCUT2D eigenvalue weighted by atomic mass is 9.91. The maximum Gasteiger partial charge on any atom is 0.257 e. The summed E-state index contributed by atoms with van der Waals surface area (Å²) in [6.45, 7) is -0.592. The van der Waals surface area contributed by atoms with Crippen LogP contribution in [0.25, 0.3) is 10.9 Å². The number of pyridine rings is 2. The van der Waals surface area contributed by atoms with Crippen molar-refractivity contribution in [3.63, 3.8) is 0 Å². The number of hydrogen-bond donors (Lipinski definition) is 4. The van der Waals surface area contributed by atoms with E-state index in [1.807, 2.05) is 0 Å². The van der Waals surface area contributed by atoms with Gasteiger partial charge in [0.25, 0.3) is 12.3 Å². The zero-order valence-electron chi connectivity index (χ0n) is 17.1. The fourth-order valence-electron chi connectivity index (χ4n) is 3.88. The zero-order chi connectivity index (χ0) is 22.8. The molecule has 170 valence electrons. The predicted octanol–water partition coefficient (Wildman–Crippen LogP) is 2.75. The van der Waals surface area contributed by atoms with E-state index in [0.29, 0.717) is 16.6 Å². The van der Waals surface area contributed by atoms with Crippen LogP contribution >= 0.6 is 0 Å². The van der Waals surface area contributed by atoms with Crippen LogP contribution in [0, 0.1) is 5.82 Å². The zero-order valence-corrected chi connectivity index (χ0v) is 17.1. The van der Waals surface area contributed by atoms with Gasteiger partial charge in [-0.3, -0.25) is 14.5 Å². The molecular formula is C20H23F3N8O. The number of nitrogens with two attached hydrogens (primary N) is 2. The van der Waals surface area contributed by atoms with Gasteiger partial charge in [-0.1, -0.05) is 12.8 Å². The van der Waals surface area contributed by atoms with Crippen LogP contribution in [0.5, 0.6) is 0 Å². The molecule has 0 unspecified atom stereocenters. The first-order valence-electron chi connectivity index (χ1n) is 10.2. The van der Waals surface area contributed by atoms with E-state index in [1.54, 1.807) is 0 Å². The molecular weight excluding hydrogens is 425 g/mol. The molecule has 0 aliphatic heterocycles. The summed E-state index contributed by atoms with van der Waals surface area (Å²) in [5.41, 5.74) is 12.1. The number of nitrogens with zero attached hydrogens (tertiary/aromatic N) is 4. The number of rotatable bonds is 7. The Morgan fingerprint density at radius 2 is 2.00 bits per heavy atom. The van der Waals surface area contributed by atoms with Gasteiger partial charge in [-0.05, 0) is 18.9 Å². The van der Waals surface area contributed by atoms with Crippen molar-refractivity contribution < 1.29 is 18.0 Å². The lowest BCUT2D eigenvalue weighted by molar-refractivity contribution is 0.1000. The minimum atomic E-state index is -2.59. The molecule has 3 heterocycles. The Labute approximate surface area is 181 Å². The highest BCUT2D eigenvalue weighted by Crippen LogP contribution is 2.29. The molecule has 1 aliphatic rings. The standard InChI is InChI=1S/C20H23F3N8O/c21-12-5-10(18(25)32)19(30-20(12)28-14-4-2-1-3-13(14)24)29-15-7-26-8-16-11(15)6-27-31(16)9-17(22)23/h5-8,13-14,17H,1-4,9,24H2,(H2,25,32)(H2,28,29,30)/t13-,14+/m0/s1. The first kappa shape index (κ1) is 21.8. The first-order chi connectivity index (χ1) is 15.3. The van der Waals surface area contributed by atoms with Crippen LogP contribution in [0.1, 0.15) is 36.0 Å². The average molecular weight is 448 g/mol. The second kappa shape index (κ2) is 8.99. The van der Waals surface area contributed by atoms with E-state index in [2.05, 4.69) is 25.7 Å². The summed E-state index contributed by atoms with van der Waals surface area (Å²) < 4.78 is 41.4. The summed E-state index contributed by atoms with van der Waals surface area (Å²) in [4.78, 5) is 20.2. The predicted molar refractivity (Wildman–Crippen MR) is 113 cm³/mol. The third kappa shape index (κ3) is 4.44. The Kier molecular flexibility index (Phi) is 6.12. The van der Waals surface area contributed by atoms with Crippen LogP contribution in [0.4, 0.5) is 30.5 Å². The van der Waals surface area contributed by atoms with Gasteiger partial charge in [0.1, 0.15) is 12.4 Å². The molecule has 0 bridgehead atoms. The number of nitrogens with one attached hydrogen (secondary N) is 2. The first-order valence-corrected chi connectivity index (χ1v) is 10.2. The molecule has 1 aliphatic carbocycles. The second-order valence-electron chi connectivity index (χ2n) is 7.74. The number of anilines is 3. The lowest BCUT2D eigenvalue weighted by Crippen LogP contribution is -2.43. The number of alkyl halides is 2. The Morgan fingerprint density at radius 1 is 1.22 bits per heavy atom. The molecule has 1 fully saturated rings. The van der Waals surface area contributed by atoms with Gasteiger partial charge in [0.15, 0.2) is 11.6 Å². The fraction of sp³-hybridized carbons (Fsp3) is 0.400. The van der Waals surface area contributed by atoms with Crippen LogP contribution in [0.15, 0.2) is 24.7 Å². The second-order valence-corrected chi connectivity index (χ2v) is 7.74. The van der Waals surface area contributed by atoms with Crippen molar-refractivity contribution in [1.82, 2.24) is 19.7 Å². The smallest absolute Gasteiger partial charge is 0.257 e. The third-order valence-corrected chi connectivity index (χ3v) is 5.52. The van der Waals surface area contributed by atoms with Crippen molar-refractivity contribution in [2.45, 2.75) is 50.7 Å². The Morgan fingerprint density at radius 3 is 2.72 bits per heavy atom. The number of amides is 1. The Balaban J connectivity index is 1.69. The highest BCUT2D eigenvalue weighted by molar-refractivity contribution is 6.00. The van der Waals surface area contributed by atoms with Gasteiger partial charge in [0.2, 0.25) is 0 Å². The molecule has 0 radical (unpaired) electrons. The molecule has 9 nitrogen and oxygen atoms in total. The van der Waals surface area contributed by atoms with Gasteiger partial charge in [-0.2, -0.15) is 5.10 Å². The maximum atomic E-state index is 14.7. The molecule has 3 aromatic rings. The van der Waals surface area contributed by atoms with Crippen molar-refractivity contribution in [2.24, 2.45) is 11.5 Å². The molecule has 2 atom stereocenters. The summed E-state index contributed by atoms with van der Waals surface area (Å²) in [6.07, 6.45) is 5.21. The highest BCUT2D eigenvalue weighted by Gasteiger charge is 2.25. The Hall–Kier alpha value is -3.41. The number of aromatic nitrogens is 4. The van der Waals surface area contributed by atoms with Crippen molar-refractivity contribution in [3.8, 4) is 0 Å². The number of carbonyl (C=O) groups is 1. The van der Waals surface area contributed by atoms with Gasteiger partial charge in [-0.15, -0.1) is 0 Å². The van der Waals surface area contributed by atoms with E-state index < -0.39 is 24.7 Å². The van der Waals surface area contributed by atoms with Gasteiger partial charge >= 0.3 is 0 Å². The average Bonchev–Trinajstić information content (AvgIpc) is 3.15. The summed E-state index contributed by atoms with van der Waals surface area (Å²) in [5, 5.41) is 10.4. The fourth-order valence-corrected chi connectivity index (χ4v) is 3.88. The highest BCUT2D eigenvalue weighted by atomic mass is 19.3. The van der Waals surface area contributed by atoms with E-state index >= 15 is 0 Å². The SMILES string of the molecule is NC(=O)c1cc(F)c(N[C@@H]2CCCC[C@@H]2N)nc1Nc1cncc2c1cnn2CC(F)F. The molecule has 0 aromatic carbocycles. The number of hydrogen-bond acceptors (Lipinski definition) is 7. The monoisotopic (exact) mass is 448 g/mol. The summed E-state index contributed by atoms with van der Waals surface area (Å²) >= 11 is 0. The van der Waals surface area contributed by atoms with Crippen LogP contribution < -0.4 is 22.1 Å². The molecule has 1 saturated carbocycles. The normalized spacial score (nSPS) is 18.8. The molecule has 1 amide bonds. The van der Waals surface area contributed by atoms with E-state index in [0.717, 1.165) is 36.4 Å². The molecule has 12 heteroatoms. The quantitative estimate of drug-likeness (QED) is 0.436. The van der Waals surface area contributed by atoms with E-state index in [-0.39, 0.29) is 29.3 Å². The van der Waals surface area contributed by atoms with E-state index in [9.17, 15) is 18.0 Å². The van der Waals surface area contributed by atoms with Gasteiger partial charge in [-0.25, -0.2) is 18.2 Å². The van der Waals surface area contributed by atoms with Gasteiger partial charge in [0, 0.05) is 17.5 Å². The van der Waals surface area contributed by atoms with Gasteiger partial charge in [0.05, 0.1) is 35.4 Å². The number of halogens is 3. The molecule has 0 saturated heterocycles. The van der Waals surface area contributed by atoms with Crippen molar-refractivity contribution >= 4 is 34.1 Å². The molecule has 0 spiro atoms. The van der Waals surface area contributed by atoms with Crippen molar-refractivity contribution in [3.05, 3.63) is 36.0 Å². The van der Waals surface area contributed by atoms with Crippen LogP contribution in [-0.2, 0) is 6.54 Å². The minimum Gasteiger partial charge on any atom is -0.365 e. The van der Waals surface area contributed by atoms with E-state index in [1.165, 1.54) is 18.6 Å². The molecule has 6 N–H and O–H groups in total. The molecule has 4 rings (SSSR count). The number of fused-ring (bicyclic) bond motifs is 1. The van der Waals surface area contributed by atoms with Crippen LogP contribution in [-0.4, -0.2) is 44.2 Å². The molecule has 3 aromatic heterocycles. The van der Waals surface area contributed by atoms with E-state index in [4.69, 9.17) is 11.5 Å². The number of carbonyl (C=O) groups excluding carboxylic acids is 1. The Bertz CT molecular complexity index is 1140. The lowest BCUT2D eigenvalue weighted by Gasteiger charge is -2.30. The summed E-state index contributed by atoms with van der Waals surface area (Å²) in [5.74, 6) is -1.67. The van der Waals surface area contributed by atoms with Crippen molar-refractivity contribution in [2.75, 3.05) is 10.6 Å². The summed E-state index contributed by atoms with van der Waals surface area (Å²) in [7, 11) is 0. The van der Waals surface area contributed by atoms with Crippen molar-refractivity contribution in [1.29, 1.82) is 0 Å². The molecule has 32 heavy (non-hydrogen) atoms. The number of primary amides is 1. The third-order valence-electron chi connectivity index (χ3n) is 5.52. The topological polar surface area (TPSA) is 137 Å². The summed E-state index contributed by atoms with van der Waals surface area (Å²) in [6, 6.07) is 0.703. The van der Waals surface area contributed by atoms with Crippen LogP contribution in [0.2, 0.25) is 0 Å². The van der Waals surface area contributed by atoms with Gasteiger partial charge < -0.3 is 22.1 Å². The minimum absolute atomic E-state index is 0.00157. The maximum absolute atomic E-state index is 14.7. The van der Waals surface area contributed by atoms with Crippen LogP contribution in [0.3, 0.4) is 0 Å².